The second-order valence-electron chi connectivity index (χ2n) is 12.9. The molecule has 1 saturated heterocycles. The number of nitrogens with zero attached hydrogens (tertiary/aromatic N) is 2. The van der Waals surface area contributed by atoms with Crippen molar-refractivity contribution in [3.63, 3.8) is 0 Å². The van der Waals surface area contributed by atoms with Gasteiger partial charge in [0.15, 0.2) is 0 Å². The van der Waals surface area contributed by atoms with Gasteiger partial charge in [-0.2, -0.15) is 0 Å². The van der Waals surface area contributed by atoms with Gasteiger partial charge in [-0.3, -0.25) is 9.78 Å². The first-order valence-corrected chi connectivity index (χ1v) is 17.4. The summed E-state index contributed by atoms with van der Waals surface area (Å²) in [5, 5.41) is 53.3. The molecule has 2 heterocycles. The molecule has 49 heavy (non-hydrogen) atoms. The number of pyridine rings is 1. The summed E-state index contributed by atoms with van der Waals surface area (Å²) in [5.41, 5.74) is 4.72. The van der Waals surface area contributed by atoms with E-state index in [1.165, 1.54) is 11.9 Å². The number of para-hydroxylation sites is 1. The molecule has 2 aliphatic rings. The Morgan fingerprint density at radius 2 is 1.71 bits per heavy atom. The van der Waals surface area contributed by atoms with Gasteiger partial charge in [0.2, 0.25) is 5.91 Å². The predicted octanol–water partition coefficient (Wildman–Crippen LogP) is 3.22. The number of rotatable bonds is 18. The van der Waals surface area contributed by atoms with Crippen LogP contribution in [0.25, 0.3) is 11.1 Å². The summed E-state index contributed by atoms with van der Waals surface area (Å²) in [7, 11) is 1.48. The van der Waals surface area contributed by atoms with E-state index in [4.69, 9.17) is 37.8 Å². The molecule has 11 nitrogen and oxygen atoms in total. The second kappa shape index (κ2) is 16.9. The summed E-state index contributed by atoms with van der Waals surface area (Å²) in [4.78, 5) is 18.3. The highest BCUT2D eigenvalue weighted by Gasteiger charge is 2.46. The van der Waals surface area contributed by atoms with E-state index in [0.717, 1.165) is 46.4 Å². The Balaban J connectivity index is 1.14. The number of unbranched alkanes of at least 4 members (excludes halogenated alkanes) is 1. The third-order valence-electron chi connectivity index (χ3n) is 9.30. The topological polar surface area (TPSA) is 165 Å². The first kappa shape index (κ1) is 37.4. The summed E-state index contributed by atoms with van der Waals surface area (Å²) in [6, 6.07) is 13.9. The molecule has 2 aromatic carbocycles. The van der Waals surface area contributed by atoms with Gasteiger partial charge in [-0.15, -0.1) is 0 Å². The van der Waals surface area contributed by atoms with Gasteiger partial charge in [-0.05, 0) is 78.6 Å². The SMILES string of the molecule is CN(C[C@H](O)[C@@H](O)[C@H](O)[C@H](O)CO)C(=O)CCCCc1cc(Cl)c(CNC2(c3cnccc3-c3ccccc3OC3COC3)CC2)cc1Cl. The highest BCUT2D eigenvalue weighted by molar-refractivity contribution is 6.34. The molecule has 1 aliphatic carbocycles. The van der Waals surface area contributed by atoms with Gasteiger partial charge in [0.25, 0.3) is 0 Å². The number of aromatic nitrogens is 1. The van der Waals surface area contributed by atoms with E-state index in [-0.39, 0.29) is 30.5 Å². The maximum Gasteiger partial charge on any atom is 0.222 e. The average molecular weight is 719 g/mol. The number of hydrogen-bond donors (Lipinski definition) is 6. The molecule has 6 N–H and O–H groups in total. The van der Waals surface area contributed by atoms with Crippen LogP contribution in [0.5, 0.6) is 5.75 Å². The van der Waals surface area contributed by atoms with Gasteiger partial charge in [0.1, 0.15) is 36.3 Å². The molecule has 0 spiro atoms. The van der Waals surface area contributed by atoms with Crippen LogP contribution in [0.15, 0.2) is 54.9 Å². The van der Waals surface area contributed by atoms with Crippen molar-refractivity contribution in [2.75, 3.05) is 33.4 Å². The lowest BCUT2D eigenvalue weighted by molar-refractivity contribution is -0.138. The molecule has 0 radical (unpaired) electrons. The lowest BCUT2D eigenvalue weighted by atomic mass is 9.94. The lowest BCUT2D eigenvalue weighted by Crippen LogP contribution is -2.49. The number of benzene rings is 2. The zero-order valence-electron chi connectivity index (χ0n) is 27.5. The second-order valence-corrected chi connectivity index (χ2v) is 13.8. The number of likely N-dealkylation sites (N-methyl/N-ethyl adjacent to an activating group) is 1. The number of amides is 1. The first-order chi connectivity index (χ1) is 23.5. The van der Waals surface area contributed by atoms with Crippen molar-refractivity contribution < 1.29 is 39.8 Å². The summed E-state index contributed by atoms with van der Waals surface area (Å²) in [6.45, 7) is 0.686. The number of aliphatic hydroxyl groups excluding tert-OH is 5. The third kappa shape index (κ3) is 9.29. The maximum absolute atomic E-state index is 12.6. The summed E-state index contributed by atoms with van der Waals surface area (Å²) >= 11 is 13.5. The van der Waals surface area contributed by atoms with Crippen molar-refractivity contribution in [3.05, 3.63) is 81.6 Å². The Morgan fingerprint density at radius 3 is 2.41 bits per heavy atom. The standard InChI is InChI=1S/C36H45Cl2N3O8/c1-41(18-30(43)34(46)35(47)31(44)19-42)33(45)9-5-2-6-22-14-29(38)23(15-28(22)37)16-40-36(11-12-36)27-17-39-13-10-25(27)26-7-3-4-8-32(26)49-24-20-48-21-24/h3-4,7-8,10,13-15,17,24,30-31,34-35,40,42-44,46-47H,2,5-6,9,11-12,16,18-21H2,1H3/t30-,31+,34+,35+/m0/s1. The number of carbonyl (C=O) groups is 1. The zero-order chi connectivity index (χ0) is 35.1. The molecule has 266 valence electrons. The van der Waals surface area contributed by atoms with Gasteiger partial charge in [0.05, 0.1) is 19.8 Å². The van der Waals surface area contributed by atoms with Gasteiger partial charge < -0.3 is 45.2 Å². The summed E-state index contributed by atoms with van der Waals surface area (Å²) < 4.78 is 11.5. The van der Waals surface area contributed by atoms with E-state index in [1.54, 1.807) is 6.20 Å². The van der Waals surface area contributed by atoms with E-state index < -0.39 is 31.0 Å². The fourth-order valence-corrected chi connectivity index (χ4v) is 6.52. The van der Waals surface area contributed by atoms with E-state index in [2.05, 4.69) is 16.4 Å². The number of halogens is 2. The lowest BCUT2D eigenvalue weighted by Gasteiger charge is -2.28. The minimum Gasteiger partial charge on any atom is -0.485 e. The van der Waals surface area contributed by atoms with Crippen molar-refractivity contribution in [1.82, 2.24) is 15.2 Å². The Morgan fingerprint density at radius 1 is 1.02 bits per heavy atom. The molecule has 1 amide bonds. The van der Waals surface area contributed by atoms with E-state index >= 15 is 0 Å². The van der Waals surface area contributed by atoms with Crippen LogP contribution in [0, 0.1) is 0 Å². The van der Waals surface area contributed by atoms with Crippen LogP contribution in [-0.2, 0) is 28.0 Å². The fraction of sp³-hybridized carbons (Fsp3) is 0.500. The Hall–Kier alpha value is -2.84. The molecule has 1 aliphatic heterocycles. The Bertz CT molecular complexity index is 1570. The van der Waals surface area contributed by atoms with E-state index in [9.17, 15) is 25.2 Å². The van der Waals surface area contributed by atoms with Gasteiger partial charge in [0, 0.05) is 60.1 Å². The molecule has 1 saturated carbocycles. The smallest absolute Gasteiger partial charge is 0.222 e. The summed E-state index contributed by atoms with van der Waals surface area (Å²) in [6.07, 6.45) is 1.19. The normalized spacial score (nSPS) is 17.9. The summed E-state index contributed by atoms with van der Waals surface area (Å²) in [5.74, 6) is 0.579. The molecule has 3 aromatic rings. The quantitative estimate of drug-likeness (QED) is 0.108. The number of carbonyl (C=O) groups excluding carboxylic acids is 1. The van der Waals surface area contributed by atoms with Gasteiger partial charge in [-0.1, -0.05) is 41.4 Å². The van der Waals surface area contributed by atoms with Crippen LogP contribution in [0.4, 0.5) is 0 Å². The van der Waals surface area contributed by atoms with Gasteiger partial charge in [-0.25, -0.2) is 0 Å². The molecule has 4 atom stereocenters. The van der Waals surface area contributed by atoms with E-state index in [1.807, 2.05) is 42.6 Å². The molecular weight excluding hydrogens is 673 g/mol. The number of nitrogens with one attached hydrogen (secondary N) is 1. The first-order valence-electron chi connectivity index (χ1n) is 16.6. The van der Waals surface area contributed by atoms with Crippen LogP contribution >= 0.6 is 23.2 Å². The zero-order valence-corrected chi connectivity index (χ0v) is 29.0. The largest absolute Gasteiger partial charge is 0.485 e. The van der Waals surface area contributed by atoms with Crippen molar-refractivity contribution in [3.8, 4) is 16.9 Å². The maximum atomic E-state index is 12.6. The minimum absolute atomic E-state index is 0.0571. The average Bonchev–Trinajstić information content (AvgIpc) is 3.88. The van der Waals surface area contributed by atoms with Crippen LogP contribution < -0.4 is 10.1 Å². The van der Waals surface area contributed by atoms with Crippen molar-refractivity contribution >= 4 is 29.1 Å². The van der Waals surface area contributed by atoms with Crippen LogP contribution in [-0.4, -0.2) is 105 Å². The number of aryl methyl sites for hydroxylation is 1. The highest BCUT2D eigenvalue weighted by Crippen LogP contribution is 2.50. The Kier molecular flexibility index (Phi) is 12.9. The molecule has 0 bridgehead atoms. The number of hydrogen-bond acceptors (Lipinski definition) is 10. The van der Waals surface area contributed by atoms with Crippen molar-refractivity contribution in [2.24, 2.45) is 0 Å². The Labute approximate surface area is 296 Å². The monoisotopic (exact) mass is 717 g/mol. The third-order valence-corrected chi connectivity index (χ3v) is 10.0. The molecule has 2 fully saturated rings. The number of aliphatic hydroxyl groups is 5. The minimum atomic E-state index is -1.74. The molecule has 5 rings (SSSR count). The van der Waals surface area contributed by atoms with E-state index in [0.29, 0.717) is 49.1 Å². The van der Waals surface area contributed by atoms with Crippen LogP contribution in [0.1, 0.15) is 48.8 Å². The number of ether oxygens (including phenoxy) is 2. The molecular formula is C36H45Cl2N3O8. The van der Waals surface area contributed by atoms with Crippen LogP contribution in [0.2, 0.25) is 10.0 Å². The van der Waals surface area contributed by atoms with Gasteiger partial charge >= 0.3 is 0 Å². The van der Waals surface area contributed by atoms with Crippen molar-refractivity contribution in [1.29, 1.82) is 0 Å². The molecule has 13 heteroatoms. The van der Waals surface area contributed by atoms with Crippen LogP contribution in [0.3, 0.4) is 0 Å². The van der Waals surface area contributed by atoms with Crippen molar-refractivity contribution in [2.45, 2.75) is 81.1 Å². The fourth-order valence-electron chi connectivity index (χ4n) is 5.99. The predicted molar refractivity (Wildman–Crippen MR) is 185 cm³/mol. The molecule has 1 aromatic heterocycles. The molecule has 0 unspecified atom stereocenters. The highest BCUT2D eigenvalue weighted by atomic mass is 35.5.